The molecule has 15 heavy (non-hydrogen) atoms. The monoisotopic (exact) mass is 215 g/mol. The summed E-state index contributed by atoms with van der Waals surface area (Å²) in [4.78, 5) is 0. The molecule has 1 fully saturated rings. The Morgan fingerprint density at radius 3 is 2.53 bits per heavy atom. The third-order valence-electron chi connectivity index (χ3n) is 2.87. The normalized spacial score (nSPS) is 25.2. The highest BCUT2D eigenvalue weighted by Gasteiger charge is 2.25. The van der Waals surface area contributed by atoms with Gasteiger partial charge in [0.15, 0.2) is 0 Å². The van der Waals surface area contributed by atoms with E-state index in [1.807, 2.05) is 7.05 Å². The third-order valence-corrected chi connectivity index (χ3v) is 2.87. The van der Waals surface area contributed by atoms with Gasteiger partial charge >= 0.3 is 0 Å². The molecular weight excluding hydrogens is 190 g/mol. The van der Waals surface area contributed by atoms with Crippen LogP contribution in [0, 0.1) is 5.41 Å². The highest BCUT2D eigenvalue weighted by Crippen LogP contribution is 2.23. The zero-order valence-electron chi connectivity index (χ0n) is 10.5. The van der Waals surface area contributed by atoms with Crippen molar-refractivity contribution in [1.29, 1.82) is 0 Å². The summed E-state index contributed by atoms with van der Waals surface area (Å²) >= 11 is 0. The second-order valence-electron chi connectivity index (χ2n) is 5.48. The second kappa shape index (κ2) is 5.83. The highest BCUT2D eigenvalue weighted by molar-refractivity contribution is 4.79. The maximum Gasteiger partial charge on any atom is 0.0961 e. The van der Waals surface area contributed by atoms with E-state index in [2.05, 4.69) is 26.1 Å². The lowest BCUT2D eigenvalue weighted by atomic mass is 9.87. The number of hydrogen-bond donors (Lipinski definition) is 1. The third kappa shape index (κ3) is 4.96. The van der Waals surface area contributed by atoms with Gasteiger partial charge in [-0.25, -0.2) is 0 Å². The largest absolute Gasteiger partial charge is 0.376 e. The summed E-state index contributed by atoms with van der Waals surface area (Å²) in [7, 11) is 2.01. The van der Waals surface area contributed by atoms with E-state index in [4.69, 9.17) is 9.47 Å². The minimum atomic E-state index is 0.228. The molecule has 1 heterocycles. The molecule has 2 atom stereocenters. The summed E-state index contributed by atoms with van der Waals surface area (Å²) in [6.45, 7) is 9.04. The number of hydrogen-bond acceptors (Lipinski definition) is 3. The van der Waals surface area contributed by atoms with Gasteiger partial charge in [-0.15, -0.1) is 0 Å². The van der Waals surface area contributed by atoms with Crippen molar-refractivity contribution >= 4 is 0 Å². The van der Waals surface area contributed by atoms with E-state index in [9.17, 15) is 0 Å². The lowest BCUT2D eigenvalue weighted by Crippen LogP contribution is -2.45. The fourth-order valence-corrected chi connectivity index (χ4v) is 1.84. The molecule has 0 saturated carbocycles. The zero-order valence-corrected chi connectivity index (χ0v) is 10.5. The predicted octanol–water partition coefficient (Wildman–Crippen LogP) is 1.82. The first-order valence-corrected chi connectivity index (χ1v) is 5.89. The average Bonchev–Trinajstić information content (AvgIpc) is 2.19. The molecule has 1 N–H and O–H groups in total. The van der Waals surface area contributed by atoms with Gasteiger partial charge < -0.3 is 14.8 Å². The Labute approximate surface area is 93.5 Å². The first-order valence-electron chi connectivity index (χ1n) is 5.89. The van der Waals surface area contributed by atoms with Crippen molar-refractivity contribution in [2.45, 2.75) is 45.8 Å². The Bertz CT molecular complexity index is 171. The average molecular weight is 215 g/mol. The maximum absolute atomic E-state index is 5.71. The van der Waals surface area contributed by atoms with Crippen LogP contribution in [-0.2, 0) is 9.47 Å². The first kappa shape index (κ1) is 12.9. The van der Waals surface area contributed by atoms with Crippen LogP contribution in [0.15, 0.2) is 0 Å². The van der Waals surface area contributed by atoms with E-state index in [1.165, 1.54) is 6.42 Å². The molecule has 90 valence electrons. The van der Waals surface area contributed by atoms with Crippen molar-refractivity contribution in [3.05, 3.63) is 0 Å². The summed E-state index contributed by atoms with van der Waals surface area (Å²) in [5.74, 6) is 0. The highest BCUT2D eigenvalue weighted by atomic mass is 16.6. The van der Waals surface area contributed by atoms with Crippen molar-refractivity contribution in [1.82, 2.24) is 5.32 Å². The molecule has 1 saturated heterocycles. The van der Waals surface area contributed by atoms with Gasteiger partial charge in [0, 0.05) is 6.04 Å². The molecule has 1 aliphatic rings. The Morgan fingerprint density at radius 1 is 1.33 bits per heavy atom. The molecule has 1 rings (SSSR count). The predicted molar refractivity (Wildman–Crippen MR) is 62.1 cm³/mol. The number of nitrogens with one attached hydrogen (secondary N) is 1. The fraction of sp³-hybridized carbons (Fsp3) is 1.00. The molecule has 0 amide bonds. The Balaban J connectivity index is 2.34. The zero-order chi connectivity index (χ0) is 11.3. The Kier molecular flexibility index (Phi) is 5.03. The van der Waals surface area contributed by atoms with E-state index in [1.54, 1.807) is 0 Å². The van der Waals surface area contributed by atoms with Crippen LogP contribution in [0.1, 0.15) is 33.6 Å². The van der Waals surface area contributed by atoms with Gasteiger partial charge in [-0.2, -0.15) is 0 Å². The fourth-order valence-electron chi connectivity index (χ4n) is 1.84. The molecule has 2 unspecified atom stereocenters. The van der Waals surface area contributed by atoms with Crippen molar-refractivity contribution in [2.75, 3.05) is 26.9 Å². The summed E-state index contributed by atoms with van der Waals surface area (Å²) in [6, 6.07) is 0.421. The van der Waals surface area contributed by atoms with Gasteiger partial charge in [-0.1, -0.05) is 20.8 Å². The van der Waals surface area contributed by atoms with Gasteiger partial charge in [0.05, 0.1) is 25.9 Å². The van der Waals surface area contributed by atoms with Gasteiger partial charge in [-0.3, -0.25) is 0 Å². The Hall–Kier alpha value is -0.120. The number of rotatable bonds is 4. The summed E-state index contributed by atoms with van der Waals surface area (Å²) < 4.78 is 11.1. The summed E-state index contributed by atoms with van der Waals surface area (Å²) in [5.41, 5.74) is 0.393. The molecule has 3 nitrogen and oxygen atoms in total. The van der Waals surface area contributed by atoms with E-state index in [-0.39, 0.29) is 6.10 Å². The van der Waals surface area contributed by atoms with Crippen LogP contribution in [0.2, 0.25) is 0 Å². The van der Waals surface area contributed by atoms with Gasteiger partial charge in [0.25, 0.3) is 0 Å². The van der Waals surface area contributed by atoms with E-state index >= 15 is 0 Å². The Morgan fingerprint density at radius 2 is 2.07 bits per heavy atom. The molecule has 3 heteroatoms. The van der Waals surface area contributed by atoms with E-state index < -0.39 is 0 Å². The van der Waals surface area contributed by atoms with E-state index in [0.717, 1.165) is 26.2 Å². The molecule has 0 radical (unpaired) electrons. The van der Waals surface area contributed by atoms with Crippen LogP contribution in [-0.4, -0.2) is 39.0 Å². The standard InChI is InChI=1S/C12H25NO2/c1-12(2,3)6-5-10(13-4)11-9-14-7-8-15-11/h10-11,13H,5-9H2,1-4H3. The van der Waals surface area contributed by atoms with Crippen LogP contribution in [0.4, 0.5) is 0 Å². The molecule has 0 aromatic rings. The second-order valence-corrected chi connectivity index (χ2v) is 5.48. The number of ether oxygens (including phenoxy) is 2. The van der Waals surface area contributed by atoms with Gasteiger partial charge in [0.2, 0.25) is 0 Å². The first-order chi connectivity index (χ1) is 7.03. The molecule has 0 spiro atoms. The summed E-state index contributed by atoms with van der Waals surface area (Å²) in [5, 5.41) is 3.34. The quantitative estimate of drug-likeness (QED) is 0.776. The molecule has 0 aromatic carbocycles. The van der Waals surface area contributed by atoms with Crippen LogP contribution in [0.25, 0.3) is 0 Å². The lowest BCUT2D eigenvalue weighted by Gasteiger charge is -2.32. The van der Waals surface area contributed by atoms with Gasteiger partial charge in [-0.05, 0) is 25.3 Å². The lowest BCUT2D eigenvalue weighted by molar-refractivity contribution is -0.102. The topological polar surface area (TPSA) is 30.5 Å². The molecule has 0 bridgehead atoms. The minimum absolute atomic E-state index is 0.228. The smallest absolute Gasteiger partial charge is 0.0961 e. The SMILES string of the molecule is CNC(CCC(C)(C)C)C1COCCO1. The van der Waals surface area contributed by atoms with Crippen LogP contribution >= 0.6 is 0 Å². The van der Waals surface area contributed by atoms with Gasteiger partial charge in [0.1, 0.15) is 0 Å². The van der Waals surface area contributed by atoms with Crippen molar-refractivity contribution in [3.63, 3.8) is 0 Å². The number of likely N-dealkylation sites (N-methyl/N-ethyl adjacent to an activating group) is 1. The molecule has 1 aliphatic heterocycles. The summed E-state index contributed by atoms with van der Waals surface area (Å²) in [6.07, 6.45) is 2.58. The molecular formula is C12H25NO2. The van der Waals surface area contributed by atoms with Crippen molar-refractivity contribution in [3.8, 4) is 0 Å². The van der Waals surface area contributed by atoms with Crippen molar-refractivity contribution in [2.24, 2.45) is 5.41 Å². The van der Waals surface area contributed by atoms with E-state index in [0.29, 0.717) is 11.5 Å². The minimum Gasteiger partial charge on any atom is -0.376 e. The molecule has 0 aliphatic carbocycles. The van der Waals surface area contributed by atoms with Crippen LogP contribution in [0.3, 0.4) is 0 Å². The maximum atomic E-state index is 5.71. The van der Waals surface area contributed by atoms with Crippen LogP contribution < -0.4 is 5.32 Å². The van der Waals surface area contributed by atoms with Crippen molar-refractivity contribution < 1.29 is 9.47 Å². The molecule has 0 aromatic heterocycles. The van der Waals surface area contributed by atoms with Crippen LogP contribution in [0.5, 0.6) is 0 Å².